The van der Waals surface area contributed by atoms with Gasteiger partial charge in [0.1, 0.15) is 0 Å². The van der Waals surface area contributed by atoms with Crippen LogP contribution in [0, 0.1) is 5.82 Å². The Bertz CT molecular complexity index is 871. The molecule has 1 saturated heterocycles. The molecule has 30 heavy (non-hydrogen) atoms. The normalized spacial score (nSPS) is 14.1. The van der Waals surface area contributed by atoms with Crippen molar-refractivity contribution < 1.29 is 18.7 Å². The van der Waals surface area contributed by atoms with E-state index in [0.717, 1.165) is 9.47 Å². The molecule has 1 N–H and O–H groups in total. The molecular formula is C19H24FN5O3S2. The molecule has 0 saturated carbocycles. The molecule has 0 unspecified atom stereocenters. The molecule has 0 atom stereocenters. The highest BCUT2D eigenvalue weighted by Crippen LogP contribution is 2.28. The number of halogens is 1. The van der Waals surface area contributed by atoms with E-state index >= 15 is 0 Å². The molecule has 2 aromatic rings. The van der Waals surface area contributed by atoms with Crippen LogP contribution in [0.3, 0.4) is 0 Å². The zero-order valence-electron chi connectivity index (χ0n) is 16.8. The molecule has 1 aromatic heterocycles. The van der Waals surface area contributed by atoms with Gasteiger partial charge < -0.3 is 19.9 Å². The van der Waals surface area contributed by atoms with Crippen LogP contribution in [0.5, 0.6) is 5.75 Å². The molecule has 0 aliphatic carbocycles. The summed E-state index contributed by atoms with van der Waals surface area (Å²) in [6.45, 7) is 5.94. The molecule has 1 aliphatic heterocycles. The molecule has 162 valence electrons. The molecule has 11 heteroatoms. The molecule has 2 heterocycles. The minimum absolute atomic E-state index is 0.0310. The maximum absolute atomic E-state index is 13.6. The first-order chi connectivity index (χ1) is 14.4. The first-order valence-corrected chi connectivity index (χ1v) is 11.4. The molecule has 1 aliphatic rings. The predicted molar refractivity (Wildman–Crippen MR) is 115 cm³/mol. The van der Waals surface area contributed by atoms with E-state index in [0.29, 0.717) is 31.9 Å². The number of anilines is 1. The summed E-state index contributed by atoms with van der Waals surface area (Å²) in [6, 6.07) is 6.13. The number of piperazine rings is 1. The van der Waals surface area contributed by atoms with Crippen LogP contribution >= 0.6 is 23.1 Å². The Labute approximate surface area is 182 Å². The number of thioether (sulfide) groups is 1. The van der Waals surface area contributed by atoms with Gasteiger partial charge in [0, 0.05) is 32.2 Å². The summed E-state index contributed by atoms with van der Waals surface area (Å²) in [5, 5.41) is 12.0. The highest BCUT2D eigenvalue weighted by molar-refractivity contribution is 8.01. The SMILES string of the molecule is CC(C)NC(=O)CSc1nnc(N2CCN(C(=O)COc3ccccc3F)CC2)s1. The summed E-state index contributed by atoms with van der Waals surface area (Å²) in [6.07, 6.45) is 0. The fourth-order valence-electron chi connectivity index (χ4n) is 2.82. The lowest BCUT2D eigenvalue weighted by Gasteiger charge is -2.34. The van der Waals surface area contributed by atoms with E-state index in [1.807, 2.05) is 13.8 Å². The van der Waals surface area contributed by atoms with E-state index in [2.05, 4.69) is 20.4 Å². The van der Waals surface area contributed by atoms with Crippen molar-refractivity contribution in [3.05, 3.63) is 30.1 Å². The van der Waals surface area contributed by atoms with E-state index in [-0.39, 0.29) is 30.2 Å². The van der Waals surface area contributed by atoms with Crippen LogP contribution in [0.25, 0.3) is 0 Å². The molecular weight excluding hydrogens is 429 g/mol. The smallest absolute Gasteiger partial charge is 0.260 e. The van der Waals surface area contributed by atoms with Gasteiger partial charge in [-0.1, -0.05) is 35.2 Å². The van der Waals surface area contributed by atoms with Crippen molar-refractivity contribution in [3.63, 3.8) is 0 Å². The molecule has 2 amide bonds. The van der Waals surface area contributed by atoms with Gasteiger partial charge >= 0.3 is 0 Å². The number of nitrogens with zero attached hydrogens (tertiary/aromatic N) is 4. The van der Waals surface area contributed by atoms with Gasteiger partial charge in [-0.05, 0) is 26.0 Å². The molecule has 8 nitrogen and oxygen atoms in total. The number of hydrogen-bond donors (Lipinski definition) is 1. The third-order valence-corrected chi connectivity index (χ3v) is 6.38. The van der Waals surface area contributed by atoms with Crippen molar-refractivity contribution in [1.29, 1.82) is 0 Å². The minimum Gasteiger partial charge on any atom is -0.481 e. The Morgan fingerprint density at radius 1 is 1.23 bits per heavy atom. The summed E-state index contributed by atoms with van der Waals surface area (Å²) < 4.78 is 19.6. The lowest BCUT2D eigenvalue weighted by atomic mass is 10.3. The van der Waals surface area contributed by atoms with Gasteiger partial charge in [-0.25, -0.2) is 4.39 Å². The number of aromatic nitrogens is 2. The lowest BCUT2D eigenvalue weighted by Crippen LogP contribution is -2.50. The van der Waals surface area contributed by atoms with Crippen LogP contribution in [0.4, 0.5) is 9.52 Å². The first kappa shape index (κ1) is 22.3. The largest absolute Gasteiger partial charge is 0.481 e. The van der Waals surface area contributed by atoms with Gasteiger partial charge in [0.05, 0.1) is 5.75 Å². The summed E-state index contributed by atoms with van der Waals surface area (Å²) in [5.74, 6) is -0.317. The molecule has 0 bridgehead atoms. The third-order valence-electron chi connectivity index (χ3n) is 4.26. The fourth-order valence-corrected chi connectivity index (χ4v) is 4.52. The average Bonchev–Trinajstić information content (AvgIpc) is 3.20. The number of carbonyl (C=O) groups is 2. The quantitative estimate of drug-likeness (QED) is 0.612. The number of nitrogens with one attached hydrogen (secondary N) is 1. The Hall–Kier alpha value is -2.40. The van der Waals surface area contributed by atoms with Crippen LogP contribution < -0.4 is 15.0 Å². The Morgan fingerprint density at radius 2 is 1.97 bits per heavy atom. The third kappa shape index (κ3) is 6.30. The first-order valence-electron chi connectivity index (χ1n) is 9.58. The zero-order chi connectivity index (χ0) is 21.5. The number of benzene rings is 1. The van der Waals surface area contributed by atoms with E-state index in [9.17, 15) is 14.0 Å². The minimum atomic E-state index is -0.484. The Morgan fingerprint density at radius 3 is 2.67 bits per heavy atom. The van der Waals surface area contributed by atoms with Crippen LogP contribution in [0.15, 0.2) is 28.6 Å². The van der Waals surface area contributed by atoms with E-state index in [4.69, 9.17) is 4.74 Å². The second kappa shape index (κ2) is 10.6. The highest BCUT2D eigenvalue weighted by atomic mass is 32.2. The average molecular weight is 454 g/mol. The van der Waals surface area contributed by atoms with Gasteiger partial charge in [-0.3, -0.25) is 9.59 Å². The van der Waals surface area contributed by atoms with Crippen LogP contribution in [0.1, 0.15) is 13.8 Å². The summed E-state index contributed by atoms with van der Waals surface area (Å²) in [7, 11) is 0. The number of carbonyl (C=O) groups excluding carboxylic acids is 2. The van der Waals surface area contributed by atoms with Gasteiger partial charge in [0.25, 0.3) is 5.91 Å². The standard InChI is InChI=1S/C19H24FN5O3S2/c1-13(2)21-16(26)12-29-19-23-22-18(30-19)25-9-7-24(8-10-25)17(27)11-28-15-6-4-3-5-14(15)20/h3-6,13H,7-12H2,1-2H3,(H,21,26). The number of amides is 2. The van der Waals surface area contributed by atoms with E-state index < -0.39 is 5.82 Å². The molecule has 3 rings (SSSR count). The Balaban J connectivity index is 1.43. The number of hydrogen-bond acceptors (Lipinski definition) is 8. The number of rotatable bonds is 8. The molecule has 1 fully saturated rings. The van der Waals surface area contributed by atoms with Crippen molar-refractivity contribution in [2.75, 3.05) is 43.4 Å². The monoisotopic (exact) mass is 453 g/mol. The van der Waals surface area contributed by atoms with Crippen LogP contribution in [-0.2, 0) is 9.59 Å². The molecule has 0 spiro atoms. The van der Waals surface area contributed by atoms with Crippen molar-refractivity contribution >= 4 is 40.0 Å². The van der Waals surface area contributed by atoms with Crippen molar-refractivity contribution in [2.45, 2.75) is 24.2 Å². The second-order valence-corrected chi connectivity index (χ2v) is 9.13. The highest BCUT2D eigenvalue weighted by Gasteiger charge is 2.24. The second-order valence-electron chi connectivity index (χ2n) is 6.95. The van der Waals surface area contributed by atoms with Crippen molar-refractivity contribution in [1.82, 2.24) is 20.4 Å². The summed E-state index contributed by atoms with van der Waals surface area (Å²) in [5.41, 5.74) is 0. The molecule has 0 radical (unpaired) electrons. The van der Waals surface area contributed by atoms with E-state index in [1.165, 1.54) is 35.2 Å². The summed E-state index contributed by atoms with van der Waals surface area (Å²) >= 11 is 2.80. The fraction of sp³-hybridized carbons (Fsp3) is 0.474. The topological polar surface area (TPSA) is 87.7 Å². The zero-order valence-corrected chi connectivity index (χ0v) is 18.5. The van der Waals surface area contributed by atoms with Crippen molar-refractivity contribution in [3.8, 4) is 5.75 Å². The van der Waals surface area contributed by atoms with Gasteiger partial charge in [0.2, 0.25) is 11.0 Å². The maximum atomic E-state index is 13.6. The Kier molecular flexibility index (Phi) is 7.86. The van der Waals surface area contributed by atoms with Gasteiger partial charge in [0.15, 0.2) is 22.5 Å². The number of para-hydroxylation sites is 1. The maximum Gasteiger partial charge on any atom is 0.260 e. The van der Waals surface area contributed by atoms with Crippen molar-refractivity contribution in [2.24, 2.45) is 0 Å². The van der Waals surface area contributed by atoms with Gasteiger partial charge in [-0.15, -0.1) is 10.2 Å². The number of ether oxygens (including phenoxy) is 1. The molecule has 1 aromatic carbocycles. The summed E-state index contributed by atoms with van der Waals surface area (Å²) in [4.78, 5) is 27.9. The predicted octanol–water partition coefficient (Wildman–Crippen LogP) is 2.02. The van der Waals surface area contributed by atoms with Gasteiger partial charge in [-0.2, -0.15) is 0 Å². The lowest BCUT2D eigenvalue weighted by molar-refractivity contribution is -0.133. The van der Waals surface area contributed by atoms with E-state index in [1.54, 1.807) is 17.0 Å². The van der Waals surface area contributed by atoms with Crippen LogP contribution in [0.2, 0.25) is 0 Å². The van der Waals surface area contributed by atoms with Crippen LogP contribution in [-0.4, -0.2) is 71.5 Å².